The second kappa shape index (κ2) is 8.48. The minimum atomic E-state index is -1.10. The van der Waals surface area contributed by atoms with Gasteiger partial charge in [0.25, 0.3) is 5.91 Å². The molecule has 8 heteroatoms. The summed E-state index contributed by atoms with van der Waals surface area (Å²) in [5.74, 6) is 1.20. The van der Waals surface area contributed by atoms with Gasteiger partial charge in [-0.3, -0.25) is 9.36 Å². The molecule has 0 aliphatic carbocycles. The van der Waals surface area contributed by atoms with Crippen LogP contribution >= 0.6 is 0 Å². The molecule has 1 aromatic heterocycles. The predicted molar refractivity (Wildman–Crippen MR) is 155 cm³/mol. The molecule has 2 bridgehead atoms. The van der Waals surface area contributed by atoms with Gasteiger partial charge in [0.05, 0.1) is 12.6 Å². The van der Waals surface area contributed by atoms with E-state index in [0.717, 1.165) is 41.3 Å². The van der Waals surface area contributed by atoms with Crippen LogP contribution in [0.1, 0.15) is 71.9 Å². The molecule has 40 heavy (non-hydrogen) atoms. The summed E-state index contributed by atoms with van der Waals surface area (Å²) < 4.78 is 19.5. The van der Waals surface area contributed by atoms with Crippen molar-refractivity contribution >= 4 is 34.9 Å². The van der Waals surface area contributed by atoms with Gasteiger partial charge >= 0.3 is 6.09 Å². The highest BCUT2D eigenvalue weighted by molar-refractivity contribution is 6.05. The van der Waals surface area contributed by atoms with E-state index >= 15 is 0 Å². The third kappa shape index (κ3) is 3.75. The number of fused-ring (bicyclic) bond motifs is 4. The largest absolute Gasteiger partial charge is 0.483 e. The third-order valence-corrected chi connectivity index (χ3v) is 8.83. The van der Waals surface area contributed by atoms with Crippen molar-refractivity contribution in [3.8, 4) is 5.75 Å². The number of piperidine rings is 1. The molecule has 6 heterocycles. The monoisotopic (exact) mass is 545 g/mol. The molecule has 8 nitrogen and oxygen atoms in total. The first-order valence-electron chi connectivity index (χ1n) is 14.1. The normalized spacial score (nSPS) is 28.2. The zero-order valence-corrected chi connectivity index (χ0v) is 24.6. The number of benzene rings is 1. The summed E-state index contributed by atoms with van der Waals surface area (Å²) in [6.45, 7) is 16.5. The maximum Gasteiger partial charge on any atom is 0.419 e. The molecule has 0 unspecified atom stereocenters. The second-order valence-corrected chi connectivity index (χ2v) is 13.3. The van der Waals surface area contributed by atoms with Crippen molar-refractivity contribution in [2.24, 2.45) is 10.9 Å². The van der Waals surface area contributed by atoms with Crippen molar-refractivity contribution in [3.05, 3.63) is 47.7 Å². The van der Waals surface area contributed by atoms with E-state index in [1.165, 1.54) is 0 Å². The molecule has 212 valence electrons. The molecule has 0 saturated carbocycles. The van der Waals surface area contributed by atoms with Crippen LogP contribution in [0.15, 0.2) is 41.6 Å². The minimum absolute atomic E-state index is 0.0196. The number of hydrogen-bond donors (Lipinski definition) is 0. The second-order valence-electron chi connectivity index (χ2n) is 13.3. The molecule has 1 spiro atoms. The number of nitrogens with zero attached hydrogens (tertiary/aromatic N) is 3. The summed E-state index contributed by atoms with van der Waals surface area (Å²) in [5.41, 5.74) is 0.545. The lowest BCUT2D eigenvalue weighted by Crippen LogP contribution is -2.72. The van der Waals surface area contributed by atoms with Crippen LogP contribution < -0.4 is 4.74 Å². The lowest BCUT2D eigenvalue weighted by molar-refractivity contribution is -0.149. The number of ether oxygens (including phenoxy) is 3. The van der Waals surface area contributed by atoms with Gasteiger partial charge < -0.3 is 19.1 Å². The van der Waals surface area contributed by atoms with E-state index in [1.807, 2.05) is 76.9 Å². The topological polar surface area (TPSA) is 82.4 Å². The first kappa shape index (κ1) is 26.7. The maximum atomic E-state index is 14.3. The standard InChI is InChI=1S/C32H39N3O5/c1-19(2)23-17-31-13-9-15-35(31)27(36)32(23,33-26(31)38-8)16-20-18-34(28(37)40-29(3,4)5)25-21(20)10-11-24-22(25)12-14-30(6,7)39-24/h10-12,14,18,23H,1,9,13,15-17H2,2-8H3/t23-,31-,32-/m1/s1. The number of carbonyl (C=O) groups is 2. The zero-order valence-electron chi connectivity index (χ0n) is 24.6. The first-order valence-corrected chi connectivity index (χ1v) is 14.1. The van der Waals surface area contributed by atoms with E-state index in [2.05, 4.69) is 6.58 Å². The molecule has 0 N–H and O–H groups in total. The Hall–Kier alpha value is -3.55. The van der Waals surface area contributed by atoms with Gasteiger partial charge in [-0.05, 0) is 90.7 Å². The summed E-state index contributed by atoms with van der Waals surface area (Å²) in [7, 11) is 1.65. The van der Waals surface area contributed by atoms with Crippen LogP contribution in [0.3, 0.4) is 0 Å². The first-order chi connectivity index (χ1) is 18.7. The highest BCUT2D eigenvalue weighted by Crippen LogP contribution is 2.55. The number of hydrogen-bond acceptors (Lipinski definition) is 6. The molecule has 2 aromatic rings. The van der Waals surface area contributed by atoms with E-state index in [1.54, 1.807) is 11.7 Å². The van der Waals surface area contributed by atoms with Crippen molar-refractivity contribution in [1.29, 1.82) is 0 Å². The molecule has 5 aliphatic heterocycles. The molecule has 1 amide bonds. The van der Waals surface area contributed by atoms with Crippen molar-refractivity contribution < 1.29 is 23.8 Å². The Kier molecular flexibility index (Phi) is 5.65. The Morgan fingerprint density at radius 1 is 1.27 bits per heavy atom. The number of carbonyl (C=O) groups excluding carboxylic acids is 2. The molecule has 2 saturated heterocycles. The summed E-state index contributed by atoms with van der Waals surface area (Å²) in [6, 6.07) is 3.92. The van der Waals surface area contributed by atoms with Crippen LogP contribution in [0.4, 0.5) is 4.79 Å². The third-order valence-electron chi connectivity index (χ3n) is 8.83. The van der Waals surface area contributed by atoms with E-state index in [0.29, 0.717) is 30.1 Å². The molecule has 3 atom stereocenters. The van der Waals surface area contributed by atoms with E-state index in [4.69, 9.17) is 19.2 Å². The Balaban J connectivity index is 1.55. The average Bonchev–Trinajstić information content (AvgIpc) is 3.45. The van der Waals surface area contributed by atoms with Crippen molar-refractivity contribution in [2.45, 2.75) is 89.5 Å². The minimum Gasteiger partial charge on any atom is -0.483 e. The van der Waals surface area contributed by atoms with Crippen LogP contribution in [0.25, 0.3) is 17.0 Å². The molecular formula is C32H39N3O5. The Bertz CT molecular complexity index is 1520. The molecule has 5 aliphatic rings. The van der Waals surface area contributed by atoms with Gasteiger partial charge in [0.1, 0.15) is 22.5 Å². The fourth-order valence-electron chi connectivity index (χ4n) is 7.19. The molecule has 0 radical (unpaired) electrons. The van der Waals surface area contributed by atoms with Gasteiger partial charge in [-0.2, -0.15) is 0 Å². The van der Waals surface area contributed by atoms with Crippen LogP contribution in [0.5, 0.6) is 5.75 Å². The van der Waals surface area contributed by atoms with E-state index < -0.39 is 28.4 Å². The Labute approximate surface area is 235 Å². The van der Waals surface area contributed by atoms with Crippen LogP contribution in [0.2, 0.25) is 0 Å². The van der Waals surface area contributed by atoms with Crippen molar-refractivity contribution in [1.82, 2.24) is 9.47 Å². The molecule has 2 fully saturated rings. The lowest BCUT2D eigenvalue weighted by Gasteiger charge is -2.57. The summed E-state index contributed by atoms with van der Waals surface area (Å²) in [5, 5.41) is 0.859. The van der Waals surface area contributed by atoms with E-state index in [9.17, 15) is 9.59 Å². The van der Waals surface area contributed by atoms with Crippen molar-refractivity contribution in [3.63, 3.8) is 0 Å². The smallest absolute Gasteiger partial charge is 0.419 e. The average molecular weight is 546 g/mol. The summed E-state index contributed by atoms with van der Waals surface area (Å²) in [4.78, 5) is 35.0. The van der Waals surface area contributed by atoms with Crippen LogP contribution in [-0.2, 0) is 20.7 Å². The van der Waals surface area contributed by atoms with Crippen molar-refractivity contribution in [2.75, 3.05) is 13.7 Å². The summed E-state index contributed by atoms with van der Waals surface area (Å²) in [6.07, 6.45) is 8.14. The zero-order chi connectivity index (χ0) is 28.8. The Morgan fingerprint density at radius 3 is 2.70 bits per heavy atom. The number of aliphatic imine (C=N–C) groups is 1. The predicted octanol–water partition coefficient (Wildman–Crippen LogP) is 5.91. The molecule has 1 aromatic carbocycles. The number of rotatable bonds is 3. The maximum absolute atomic E-state index is 14.3. The highest BCUT2D eigenvalue weighted by Gasteiger charge is 2.67. The van der Waals surface area contributed by atoms with Gasteiger partial charge in [-0.15, -0.1) is 0 Å². The van der Waals surface area contributed by atoms with E-state index in [-0.39, 0.29) is 11.8 Å². The van der Waals surface area contributed by atoms with Crippen LogP contribution in [0, 0.1) is 5.92 Å². The van der Waals surface area contributed by atoms with Gasteiger partial charge in [0, 0.05) is 36.0 Å². The molecule has 7 rings (SSSR count). The molecular weight excluding hydrogens is 506 g/mol. The fraction of sp³-hybridized carbons (Fsp3) is 0.531. The Morgan fingerprint density at radius 2 is 2.02 bits per heavy atom. The number of methoxy groups -OCH3 is 1. The number of aromatic nitrogens is 1. The van der Waals surface area contributed by atoms with Gasteiger partial charge in [0.15, 0.2) is 5.54 Å². The number of amides is 1. The SMILES string of the molecule is C=C(C)[C@H]1C[C@@]23CCCN2C(=O)[C@]1(Cc1cn(C(=O)OC(C)(C)C)c2c4c(ccc12)OC(C)(C)C=C4)N=C3OC. The lowest BCUT2D eigenvalue weighted by atomic mass is 9.62. The van der Waals surface area contributed by atoms with Gasteiger partial charge in [-0.25, -0.2) is 9.79 Å². The fourth-order valence-corrected chi connectivity index (χ4v) is 7.19. The summed E-state index contributed by atoms with van der Waals surface area (Å²) >= 11 is 0. The van der Waals surface area contributed by atoms with Crippen LogP contribution in [-0.4, -0.2) is 63.3 Å². The van der Waals surface area contributed by atoms with Gasteiger partial charge in [-0.1, -0.05) is 12.2 Å². The van der Waals surface area contributed by atoms with Gasteiger partial charge in [0.2, 0.25) is 5.90 Å². The quantitative estimate of drug-likeness (QED) is 0.448. The highest BCUT2D eigenvalue weighted by atomic mass is 16.6.